The van der Waals surface area contributed by atoms with Gasteiger partial charge in [-0.3, -0.25) is 29.8 Å². The number of hydrogen-bond donors (Lipinski definition) is 2. The molecule has 0 bridgehead atoms. The summed E-state index contributed by atoms with van der Waals surface area (Å²) in [4.78, 5) is 44.3. The average molecular weight is 481 g/mol. The highest BCUT2D eigenvalue weighted by Crippen LogP contribution is 2.34. The molecular formula is C22H16FN5O7. The summed E-state index contributed by atoms with van der Waals surface area (Å²) < 4.78 is 18.7. The molecule has 12 nitrogen and oxygen atoms in total. The van der Waals surface area contributed by atoms with Crippen LogP contribution >= 0.6 is 0 Å². The highest BCUT2D eigenvalue weighted by molar-refractivity contribution is 5.96. The number of ether oxygens (including phenoxy) is 1. The molecule has 0 atom stereocenters. The number of non-ortho nitro benzene ring substituents is 1. The molecule has 3 aromatic carbocycles. The van der Waals surface area contributed by atoms with Crippen molar-refractivity contribution in [1.82, 2.24) is 10.7 Å². The molecule has 0 spiro atoms. The number of amides is 2. The Morgan fingerprint density at radius 2 is 1.77 bits per heavy atom. The summed E-state index contributed by atoms with van der Waals surface area (Å²) in [7, 11) is 0. The first-order valence-electron chi connectivity index (χ1n) is 9.79. The number of carbonyl (C=O) groups excluding carboxylic acids is 2. The maximum atomic E-state index is 13.2. The Morgan fingerprint density at radius 3 is 2.49 bits per heavy atom. The number of halogens is 1. The van der Waals surface area contributed by atoms with Gasteiger partial charge in [0.15, 0.2) is 0 Å². The predicted molar refractivity (Wildman–Crippen MR) is 121 cm³/mol. The van der Waals surface area contributed by atoms with E-state index in [1.807, 2.05) is 0 Å². The molecule has 0 fully saturated rings. The zero-order chi connectivity index (χ0) is 25.4. The van der Waals surface area contributed by atoms with E-state index in [0.717, 1.165) is 24.3 Å². The van der Waals surface area contributed by atoms with Crippen LogP contribution in [0.1, 0.15) is 15.9 Å². The largest absolute Gasteiger partial charge is 0.450 e. The van der Waals surface area contributed by atoms with E-state index in [1.165, 1.54) is 36.5 Å². The summed E-state index contributed by atoms with van der Waals surface area (Å²) in [5.74, 6) is -1.87. The second kappa shape index (κ2) is 11.1. The van der Waals surface area contributed by atoms with Crippen molar-refractivity contribution in [3.8, 4) is 11.5 Å². The zero-order valence-electron chi connectivity index (χ0n) is 17.7. The van der Waals surface area contributed by atoms with Crippen LogP contribution in [0.25, 0.3) is 0 Å². The third-order valence-corrected chi connectivity index (χ3v) is 4.34. The van der Waals surface area contributed by atoms with Crippen LogP contribution in [-0.2, 0) is 4.79 Å². The first-order chi connectivity index (χ1) is 16.7. The van der Waals surface area contributed by atoms with Gasteiger partial charge in [-0.2, -0.15) is 5.10 Å². The molecular weight excluding hydrogens is 465 g/mol. The second-order valence-corrected chi connectivity index (χ2v) is 6.83. The number of nitrogens with zero attached hydrogens (tertiary/aromatic N) is 3. The minimum absolute atomic E-state index is 0.0615. The SMILES string of the molecule is O=C(CNC(=O)c1cccc(F)c1)N/N=C/c1cccc(Oc2ccc([N+](=O)[O-])cc2[N+](=O)[O-])c1. The number of nitro benzene ring substituents is 2. The van der Waals surface area contributed by atoms with Gasteiger partial charge in [0.1, 0.15) is 11.6 Å². The van der Waals surface area contributed by atoms with E-state index in [2.05, 4.69) is 15.8 Å². The number of nitro groups is 2. The van der Waals surface area contributed by atoms with Crippen molar-refractivity contribution < 1.29 is 28.6 Å². The summed E-state index contributed by atoms with van der Waals surface area (Å²) in [6, 6.07) is 14.1. The third-order valence-electron chi connectivity index (χ3n) is 4.34. The molecule has 0 radical (unpaired) electrons. The lowest BCUT2D eigenvalue weighted by atomic mass is 10.2. The Labute approximate surface area is 196 Å². The molecule has 0 saturated heterocycles. The van der Waals surface area contributed by atoms with Crippen LogP contribution in [0, 0.1) is 26.0 Å². The van der Waals surface area contributed by atoms with Crippen molar-refractivity contribution in [2.45, 2.75) is 0 Å². The number of hydrazone groups is 1. The Hall–Kier alpha value is -5.20. The van der Waals surface area contributed by atoms with Crippen LogP contribution in [0.5, 0.6) is 11.5 Å². The number of carbonyl (C=O) groups is 2. The highest BCUT2D eigenvalue weighted by atomic mass is 19.1. The molecule has 0 aliphatic heterocycles. The van der Waals surface area contributed by atoms with Crippen molar-refractivity contribution in [3.63, 3.8) is 0 Å². The lowest BCUT2D eigenvalue weighted by Crippen LogP contribution is -2.34. The fourth-order valence-electron chi connectivity index (χ4n) is 2.74. The molecule has 3 aromatic rings. The van der Waals surface area contributed by atoms with Gasteiger partial charge in [0.2, 0.25) is 5.75 Å². The minimum Gasteiger partial charge on any atom is -0.450 e. The Morgan fingerprint density at radius 1 is 1.00 bits per heavy atom. The molecule has 0 heterocycles. The van der Waals surface area contributed by atoms with Gasteiger partial charge in [0, 0.05) is 11.6 Å². The van der Waals surface area contributed by atoms with Crippen molar-refractivity contribution in [3.05, 3.63) is 104 Å². The van der Waals surface area contributed by atoms with E-state index in [4.69, 9.17) is 4.74 Å². The van der Waals surface area contributed by atoms with Gasteiger partial charge < -0.3 is 10.1 Å². The van der Waals surface area contributed by atoms with Gasteiger partial charge in [0.25, 0.3) is 17.5 Å². The number of rotatable bonds is 9. The minimum atomic E-state index is -0.795. The van der Waals surface area contributed by atoms with E-state index >= 15 is 0 Å². The third kappa shape index (κ3) is 6.89. The van der Waals surface area contributed by atoms with Gasteiger partial charge in [-0.1, -0.05) is 18.2 Å². The lowest BCUT2D eigenvalue weighted by Gasteiger charge is -2.07. The Bertz CT molecular complexity index is 1330. The van der Waals surface area contributed by atoms with Gasteiger partial charge in [-0.25, -0.2) is 9.82 Å². The predicted octanol–water partition coefficient (Wildman–Crippen LogP) is 3.31. The summed E-state index contributed by atoms with van der Waals surface area (Å²) in [6.45, 7) is -0.403. The average Bonchev–Trinajstić information content (AvgIpc) is 2.82. The van der Waals surface area contributed by atoms with Crippen LogP contribution in [0.3, 0.4) is 0 Å². The standard InChI is InChI=1S/C22H16FN5O7/c23-16-5-2-4-15(10-16)22(30)24-13-21(29)26-25-12-14-3-1-6-18(9-14)35-20-8-7-17(27(31)32)11-19(20)28(33)34/h1-12H,13H2,(H,24,30)(H,26,29)/b25-12+. The maximum Gasteiger partial charge on any atom is 0.318 e. The summed E-state index contributed by atoms with van der Waals surface area (Å²) in [6.07, 6.45) is 1.27. The summed E-state index contributed by atoms with van der Waals surface area (Å²) in [5.41, 5.74) is 1.69. The molecule has 0 aromatic heterocycles. The van der Waals surface area contributed by atoms with Crippen molar-refractivity contribution in [1.29, 1.82) is 0 Å². The lowest BCUT2D eigenvalue weighted by molar-refractivity contribution is -0.394. The number of hydrogen-bond acceptors (Lipinski definition) is 8. The molecule has 0 unspecified atom stereocenters. The number of nitrogens with one attached hydrogen (secondary N) is 2. The van der Waals surface area contributed by atoms with Gasteiger partial charge in [-0.15, -0.1) is 0 Å². The molecule has 35 heavy (non-hydrogen) atoms. The van der Waals surface area contributed by atoms with Crippen molar-refractivity contribution in [2.75, 3.05) is 6.54 Å². The van der Waals surface area contributed by atoms with Crippen molar-refractivity contribution >= 4 is 29.4 Å². The number of benzene rings is 3. The molecule has 2 amide bonds. The highest BCUT2D eigenvalue weighted by Gasteiger charge is 2.21. The molecule has 0 aliphatic rings. The first-order valence-corrected chi connectivity index (χ1v) is 9.79. The summed E-state index contributed by atoms with van der Waals surface area (Å²) >= 11 is 0. The molecule has 3 rings (SSSR count). The molecule has 178 valence electrons. The van der Waals surface area contributed by atoms with E-state index < -0.39 is 45.4 Å². The fraction of sp³-hybridized carbons (Fsp3) is 0.0455. The van der Waals surface area contributed by atoms with Crippen LogP contribution in [0.2, 0.25) is 0 Å². The summed E-state index contributed by atoms with van der Waals surface area (Å²) in [5, 5.41) is 28.2. The van der Waals surface area contributed by atoms with E-state index in [9.17, 15) is 34.2 Å². The fourth-order valence-corrected chi connectivity index (χ4v) is 2.74. The maximum absolute atomic E-state index is 13.2. The quantitative estimate of drug-likeness (QED) is 0.269. The van der Waals surface area contributed by atoms with E-state index in [1.54, 1.807) is 12.1 Å². The first kappa shape index (κ1) is 24.4. The van der Waals surface area contributed by atoms with Crippen LogP contribution in [0.4, 0.5) is 15.8 Å². The Balaban J connectivity index is 1.59. The monoisotopic (exact) mass is 481 g/mol. The molecule has 0 aliphatic carbocycles. The Kier molecular flexibility index (Phi) is 7.74. The van der Waals surface area contributed by atoms with Crippen LogP contribution < -0.4 is 15.5 Å². The van der Waals surface area contributed by atoms with E-state index in [-0.39, 0.29) is 17.1 Å². The zero-order valence-corrected chi connectivity index (χ0v) is 17.7. The molecule has 13 heteroatoms. The molecule has 2 N–H and O–H groups in total. The normalized spacial score (nSPS) is 10.5. The topological polar surface area (TPSA) is 166 Å². The van der Waals surface area contributed by atoms with Crippen LogP contribution in [0.15, 0.2) is 71.8 Å². The smallest absolute Gasteiger partial charge is 0.318 e. The second-order valence-electron chi connectivity index (χ2n) is 6.83. The molecule has 0 saturated carbocycles. The van der Waals surface area contributed by atoms with Gasteiger partial charge in [0.05, 0.1) is 28.7 Å². The van der Waals surface area contributed by atoms with E-state index in [0.29, 0.717) is 5.56 Å². The van der Waals surface area contributed by atoms with Crippen molar-refractivity contribution in [2.24, 2.45) is 5.10 Å². The van der Waals surface area contributed by atoms with Crippen LogP contribution in [-0.4, -0.2) is 34.4 Å². The van der Waals surface area contributed by atoms with Gasteiger partial charge in [-0.05, 0) is 42.0 Å². The van der Waals surface area contributed by atoms with Gasteiger partial charge >= 0.3 is 5.69 Å².